The molecule has 3 aromatic heterocycles. The van der Waals surface area contributed by atoms with Crippen LogP contribution < -0.4 is 5.73 Å². The number of aromatic nitrogens is 3. The third-order valence-electron chi connectivity index (χ3n) is 3.88. The average Bonchev–Trinajstić information content (AvgIpc) is 2.98. The second-order valence-corrected chi connectivity index (χ2v) is 5.13. The number of rotatable bonds is 2. The molecule has 0 bridgehead atoms. The van der Waals surface area contributed by atoms with E-state index in [0.717, 1.165) is 28.1 Å². The number of fused-ring (bicyclic) bond motifs is 1. The Balaban J connectivity index is 2.33. The lowest BCUT2D eigenvalue weighted by Gasteiger charge is -2.15. The van der Waals surface area contributed by atoms with Crippen molar-refractivity contribution in [1.82, 2.24) is 14.5 Å². The molecule has 0 aromatic carbocycles. The molecule has 0 saturated carbocycles. The van der Waals surface area contributed by atoms with Crippen LogP contribution in [-0.2, 0) is 0 Å². The van der Waals surface area contributed by atoms with Crippen molar-refractivity contribution in [2.45, 2.75) is 33.7 Å². The molecule has 0 saturated heterocycles. The molecule has 1 atom stereocenters. The first-order valence-electron chi connectivity index (χ1n) is 6.65. The first kappa shape index (κ1) is 12.7. The molecule has 3 heterocycles. The van der Waals surface area contributed by atoms with Gasteiger partial charge in [-0.15, -0.1) is 0 Å². The van der Waals surface area contributed by atoms with Gasteiger partial charge < -0.3 is 14.7 Å². The summed E-state index contributed by atoms with van der Waals surface area (Å²) in [5.41, 5.74) is 9.20. The molecule has 0 amide bonds. The number of aryl methyl sites for hydroxylation is 2. The second kappa shape index (κ2) is 4.37. The predicted octanol–water partition coefficient (Wildman–Crippen LogP) is 3.14. The van der Waals surface area contributed by atoms with Crippen LogP contribution in [0.1, 0.15) is 35.8 Å². The Hall–Kier alpha value is -2.30. The van der Waals surface area contributed by atoms with Gasteiger partial charge in [-0.3, -0.25) is 0 Å². The van der Waals surface area contributed by atoms with Crippen molar-refractivity contribution in [1.29, 1.82) is 0 Å². The summed E-state index contributed by atoms with van der Waals surface area (Å²) < 4.78 is 7.69. The van der Waals surface area contributed by atoms with E-state index in [9.17, 15) is 0 Å². The molecular weight excluding hydrogens is 252 g/mol. The van der Waals surface area contributed by atoms with Crippen LogP contribution in [-0.4, -0.2) is 14.5 Å². The van der Waals surface area contributed by atoms with Crippen LogP contribution in [0, 0.1) is 20.8 Å². The van der Waals surface area contributed by atoms with Crippen LogP contribution in [0.2, 0.25) is 0 Å². The van der Waals surface area contributed by atoms with Crippen LogP contribution >= 0.6 is 0 Å². The van der Waals surface area contributed by atoms with Crippen molar-refractivity contribution < 1.29 is 4.42 Å². The minimum Gasteiger partial charge on any atom is -0.467 e. The summed E-state index contributed by atoms with van der Waals surface area (Å²) in [7, 11) is 0. The maximum Gasteiger partial charge on any atom is 0.146 e. The molecule has 0 aliphatic heterocycles. The Morgan fingerprint density at radius 1 is 1.25 bits per heavy atom. The van der Waals surface area contributed by atoms with E-state index in [-0.39, 0.29) is 6.04 Å². The van der Waals surface area contributed by atoms with E-state index in [4.69, 9.17) is 10.2 Å². The van der Waals surface area contributed by atoms with Gasteiger partial charge in [-0.25, -0.2) is 9.97 Å². The number of anilines is 1. The lowest BCUT2D eigenvalue weighted by molar-refractivity contribution is 0.447. The normalized spacial score (nSPS) is 13.0. The molecule has 20 heavy (non-hydrogen) atoms. The Kier molecular flexibility index (Phi) is 2.78. The molecule has 0 aliphatic carbocycles. The van der Waals surface area contributed by atoms with Crippen LogP contribution in [0.5, 0.6) is 0 Å². The van der Waals surface area contributed by atoms with E-state index in [2.05, 4.69) is 35.3 Å². The lowest BCUT2D eigenvalue weighted by atomic mass is 10.2. The predicted molar refractivity (Wildman–Crippen MR) is 78.7 cm³/mol. The number of nitrogen functional groups attached to an aromatic ring is 1. The first-order valence-corrected chi connectivity index (χ1v) is 6.65. The van der Waals surface area contributed by atoms with Crippen LogP contribution in [0.15, 0.2) is 22.8 Å². The molecule has 3 rings (SSSR count). The molecule has 3 aromatic rings. The number of nitrogens with zero attached hydrogens (tertiary/aromatic N) is 3. The summed E-state index contributed by atoms with van der Waals surface area (Å²) >= 11 is 0. The second-order valence-electron chi connectivity index (χ2n) is 5.13. The Morgan fingerprint density at radius 3 is 2.65 bits per heavy atom. The van der Waals surface area contributed by atoms with Crippen LogP contribution in [0.25, 0.3) is 11.0 Å². The molecular formula is C15H18N4O. The fraction of sp³-hybridized carbons (Fsp3) is 0.333. The summed E-state index contributed by atoms with van der Waals surface area (Å²) in [6.07, 6.45) is 1.69. The Bertz CT molecular complexity index is 771. The van der Waals surface area contributed by atoms with Crippen molar-refractivity contribution in [2.24, 2.45) is 0 Å². The summed E-state index contributed by atoms with van der Waals surface area (Å²) in [6.45, 7) is 8.08. The highest BCUT2D eigenvalue weighted by Gasteiger charge is 2.21. The number of hydrogen-bond donors (Lipinski definition) is 1. The monoisotopic (exact) mass is 270 g/mol. The first-order chi connectivity index (χ1) is 9.50. The third-order valence-corrected chi connectivity index (χ3v) is 3.88. The largest absolute Gasteiger partial charge is 0.467 e. The van der Waals surface area contributed by atoms with Gasteiger partial charge in [-0.1, -0.05) is 0 Å². The van der Waals surface area contributed by atoms with Gasteiger partial charge in [0.05, 0.1) is 17.7 Å². The van der Waals surface area contributed by atoms with Crippen molar-refractivity contribution in [3.05, 3.63) is 41.2 Å². The summed E-state index contributed by atoms with van der Waals surface area (Å²) in [6, 6.07) is 3.94. The van der Waals surface area contributed by atoms with Crippen molar-refractivity contribution in [3.8, 4) is 0 Å². The molecule has 5 heteroatoms. The highest BCUT2D eigenvalue weighted by molar-refractivity contribution is 5.91. The molecule has 0 spiro atoms. The van der Waals surface area contributed by atoms with Gasteiger partial charge in [-0.2, -0.15) is 0 Å². The van der Waals surface area contributed by atoms with E-state index in [1.807, 2.05) is 19.1 Å². The topological polar surface area (TPSA) is 69.9 Å². The summed E-state index contributed by atoms with van der Waals surface area (Å²) in [5, 5.41) is 0.937. The smallest absolute Gasteiger partial charge is 0.146 e. The third kappa shape index (κ3) is 1.70. The standard InChI is InChI=1S/C15H18N4O/c1-8-9(2)19(10(3)12-6-5-7-20-12)15-13(8)14(16)17-11(4)18-15/h5-7,10H,1-4H3,(H2,16,17,18). The van der Waals surface area contributed by atoms with Gasteiger partial charge in [0.1, 0.15) is 23.0 Å². The van der Waals surface area contributed by atoms with E-state index in [0.29, 0.717) is 11.6 Å². The molecule has 2 N–H and O–H groups in total. The molecule has 5 nitrogen and oxygen atoms in total. The van der Waals surface area contributed by atoms with E-state index in [1.165, 1.54) is 0 Å². The number of nitrogens with two attached hydrogens (primary N) is 1. The van der Waals surface area contributed by atoms with E-state index >= 15 is 0 Å². The minimum atomic E-state index is 0.0647. The van der Waals surface area contributed by atoms with Crippen molar-refractivity contribution in [2.75, 3.05) is 5.73 Å². The zero-order valence-corrected chi connectivity index (χ0v) is 12.1. The average molecular weight is 270 g/mol. The Labute approximate surface area is 117 Å². The zero-order valence-electron chi connectivity index (χ0n) is 12.1. The van der Waals surface area contributed by atoms with Gasteiger partial charge in [0.25, 0.3) is 0 Å². The summed E-state index contributed by atoms with van der Waals surface area (Å²) in [5.74, 6) is 2.12. The van der Waals surface area contributed by atoms with Gasteiger partial charge in [-0.05, 0) is 45.4 Å². The maximum absolute atomic E-state index is 6.07. The van der Waals surface area contributed by atoms with Gasteiger partial charge in [0.2, 0.25) is 0 Å². The fourth-order valence-electron chi connectivity index (χ4n) is 2.76. The Morgan fingerprint density at radius 2 is 2.00 bits per heavy atom. The highest BCUT2D eigenvalue weighted by atomic mass is 16.3. The molecule has 0 fully saturated rings. The molecule has 1 unspecified atom stereocenters. The van der Waals surface area contributed by atoms with Crippen molar-refractivity contribution in [3.63, 3.8) is 0 Å². The maximum atomic E-state index is 6.07. The van der Waals surface area contributed by atoms with E-state index in [1.54, 1.807) is 6.26 Å². The molecule has 0 radical (unpaired) electrons. The lowest BCUT2D eigenvalue weighted by Crippen LogP contribution is -2.09. The number of furan rings is 1. The van der Waals surface area contributed by atoms with Crippen LogP contribution in [0.4, 0.5) is 5.82 Å². The minimum absolute atomic E-state index is 0.0647. The molecule has 0 aliphatic rings. The van der Waals surface area contributed by atoms with Crippen molar-refractivity contribution >= 4 is 16.9 Å². The quantitative estimate of drug-likeness (QED) is 0.776. The van der Waals surface area contributed by atoms with Crippen LogP contribution in [0.3, 0.4) is 0 Å². The van der Waals surface area contributed by atoms with Gasteiger partial charge in [0.15, 0.2) is 0 Å². The SMILES string of the molecule is Cc1nc(N)c2c(C)c(C)n(C(C)c3ccco3)c2n1. The highest BCUT2D eigenvalue weighted by Crippen LogP contribution is 2.32. The van der Waals surface area contributed by atoms with Gasteiger partial charge in [0, 0.05) is 5.69 Å². The number of hydrogen-bond acceptors (Lipinski definition) is 4. The van der Waals surface area contributed by atoms with E-state index < -0.39 is 0 Å². The zero-order chi connectivity index (χ0) is 14.4. The molecule has 104 valence electrons. The fourth-order valence-corrected chi connectivity index (χ4v) is 2.76. The van der Waals surface area contributed by atoms with Gasteiger partial charge >= 0.3 is 0 Å². The summed E-state index contributed by atoms with van der Waals surface area (Å²) in [4.78, 5) is 8.85.